The van der Waals surface area contributed by atoms with E-state index in [4.69, 9.17) is 0 Å². The quantitative estimate of drug-likeness (QED) is 0.550. The lowest BCUT2D eigenvalue weighted by molar-refractivity contribution is -0.141. The molecule has 0 unspecified atom stereocenters. The monoisotopic (exact) mass is 438 g/mol. The zero-order valence-electron chi connectivity index (χ0n) is 15.0. The smallest absolute Gasteiger partial charge is 0.326 e. The van der Waals surface area contributed by atoms with Gasteiger partial charge in [-0.25, -0.2) is 9.78 Å². The van der Waals surface area contributed by atoms with Gasteiger partial charge in [0, 0.05) is 12.6 Å². The van der Waals surface area contributed by atoms with Crippen molar-refractivity contribution in [2.45, 2.75) is 18.4 Å². The maximum absolute atomic E-state index is 13.1. The number of amides is 1. The maximum atomic E-state index is 13.1. The van der Waals surface area contributed by atoms with E-state index in [2.05, 4.69) is 26.2 Å². The second-order valence-corrected chi connectivity index (χ2v) is 7.06. The van der Waals surface area contributed by atoms with E-state index in [-0.39, 0.29) is 12.3 Å². The van der Waals surface area contributed by atoms with Crippen molar-refractivity contribution in [2.75, 3.05) is 0 Å². The summed E-state index contributed by atoms with van der Waals surface area (Å²) in [5.41, 5.74) is 2.32. The highest BCUT2D eigenvalue weighted by molar-refractivity contribution is 9.10. The van der Waals surface area contributed by atoms with Crippen molar-refractivity contribution in [3.63, 3.8) is 0 Å². The minimum absolute atomic E-state index is 0.131. The molecule has 0 bridgehead atoms. The van der Waals surface area contributed by atoms with E-state index in [0.717, 1.165) is 11.1 Å². The van der Waals surface area contributed by atoms with Gasteiger partial charge in [0.25, 0.3) is 0 Å². The zero-order chi connectivity index (χ0) is 19.9. The summed E-state index contributed by atoms with van der Waals surface area (Å²) in [4.78, 5) is 29.0. The highest BCUT2D eigenvalue weighted by atomic mass is 79.9. The first-order valence-corrected chi connectivity index (χ1v) is 9.58. The van der Waals surface area contributed by atoms with Crippen LogP contribution in [-0.2, 0) is 16.0 Å². The van der Waals surface area contributed by atoms with E-state index in [1.807, 2.05) is 60.7 Å². The van der Waals surface area contributed by atoms with Crippen LogP contribution in [0.3, 0.4) is 0 Å². The average molecular weight is 439 g/mol. The summed E-state index contributed by atoms with van der Waals surface area (Å²) in [5.74, 6) is -2.05. The van der Waals surface area contributed by atoms with Crippen molar-refractivity contribution in [1.82, 2.24) is 10.3 Å². The van der Waals surface area contributed by atoms with Crippen LogP contribution in [0.4, 0.5) is 0 Å². The summed E-state index contributed by atoms with van der Waals surface area (Å²) in [6, 6.07) is 21.1. The fourth-order valence-electron chi connectivity index (χ4n) is 3.03. The molecule has 0 radical (unpaired) electrons. The first-order chi connectivity index (χ1) is 13.6. The molecule has 1 heterocycles. The van der Waals surface area contributed by atoms with Crippen LogP contribution in [0, 0.1) is 0 Å². The molecule has 0 aliphatic heterocycles. The maximum Gasteiger partial charge on any atom is 0.326 e. The molecule has 6 heteroatoms. The van der Waals surface area contributed by atoms with Crippen molar-refractivity contribution in [2.24, 2.45) is 0 Å². The Morgan fingerprint density at radius 1 is 0.929 bits per heavy atom. The molecule has 3 rings (SSSR count). The number of rotatable bonds is 7. The highest BCUT2D eigenvalue weighted by Crippen LogP contribution is 2.25. The third-order valence-electron chi connectivity index (χ3n) is 4.40. The van der Waals surface area contributed by atoms with Crippen LogP contribution < -0.4 is 5.32 Å². The second-order valence-electron chi connectivity index (χ2n) is 6.31. The highest BCUT2D eigenvalue weighted by Gasteiger charge is 2.28. The van der Waals surface area contributed by atoms with Gasteiger partial charge in [0.05, 0.1) is 5.92 Å². The molecule has 0 fully saturated rings. The number of hydrogen-bond acceptors (Lipinski definition) is 3. The van der Waals surface area contributed by atoms with Gasteiger partial charge in [0.2, 0.25) is 5.91 Å². The van der Waals surface area contributed by atoms with Crippen LogP contribution in [0.15, 0.2) is 83.6 Å². The number of benzene rings is 2. The molecule has 2 aromatic carbocycles. The molecule has 0 aliphatic rings. The molecule has 142 valence electrons. The summed E-state index contributed by atoms with van der Waals surface area (Å²) in [5, 5.41) is 12.3. The number of nitrogens with one attached hydrogen (secondary N) is 1. The standard InChI is InChI=1S/C22H19BrN2O3/c23-20-17(12-7-13-24-20)14-18(22(27)28)25-21(26)19(15-8-3-1-4-9-15)16-10-5-2-6-11-16/h1-13,18-19H,14H2,(H,25,26)(H,27,28)/t18-/m0/s1. The molecule has 28 heavy (non-hydrogen) atoms. The van der Waals surface area contributed by atoms with Gasteiger partial charge in [0.1, 0.15) is 10.6 Å². The van der Waals surface area contributed by atoms with Crippen LogP contribution in [0.5, 0.6) is 0 Å². The molecular weight excluding hydrogens is 420 g/mol. The first kappa shape index (κ1) is 19.8. The molecule has 2 N–H and O–H groups in total. The number of carboxylic acid groups (broad SMARTS) is 1. The van der Waals surface area contributed by atoms with E-state index < -0.39 is 17.9 Å². The van der Waals surface area contributed by atoms with Crippen molar-refractivity contribution in [1.29, 1.82) is 0 Å². The fraction of sp³-hybridized carbons (Fsp3) is 0.136. The fourth-order valence-corrected chi connectivity index (χ4v) is 3.45. The van der Waals surface area contributed by atoms with E-state index in [9.17, 15) is 14.7 Å². The number of carbonyl (C=O) groups is 2. The summed E-state index contributed by atoms with van der Waals surface area (Å²) in [7, 11) is 0. The average Bonchev–Trinajstić information content (AvgIpc) is 2.71. The van der Waals surface area contributed by atoms with Crippen LogP contribution in [0.1, 0.15) is 22.6 Å². The number of carbonyl (C=O) groups excluding carboxylic acids is 1. The lowest BCUT2D eigenvalue weighted by atomic mass is 9.90. The molecule has 3 aromatic rings. The molecular formula is C22H19BrN2O3. The molecule has 5 nitrogen and oxygen atoms in total. The number of halogens is 1. The third-order valence-corrected chi connectivity index (χ3v) is 5.12. The zero-order valence-corrected chi connectivity index (χ0v) is 16.5. The predicted molar refractivity (Wildman–Crippen MR) is 110 cm³/mol. The van der Waals surface area contributed by atoms with Crippen LogP contribution in [0.25, 0.3) is 0 Å². The number of carboxylic acids is 1. The van der Waals surface area contributed by atoms with Gasteiger partial charge in [0.15, 0.2) is 0 Å². The Morgan fingerprint density at radius 2 is 1.50 bits per heavy atom. The Labute approximate surface area is 171 Å². The van der Waals surface area contributed by atoms with Gasteiger partial charge in [-0.1, -0.05) is 66.7 Å². The van der Waals surface area contributed by atoms with E-state index in [0.29, 0.717) is 10.2 Å². The molecule has 1 atom stereocenters. The Kier molecular flexibility index (Phi) is 6.55. The van der Waals surface area contributed by atoms with Crippen LogP contribution in [0.2, 0.25) is 0 Å². The summed E-state index contributed by atoms with van der Waals surface area (Å²) < 4.78 is 0.568. The predicted octanol–water partition coefficient (Wildman–Crippen LogP) is 3.79. The lowest BCUT2D eigenvalue weighted by Gasteiger charge is -2.21. The molecule has 0 aliphatic carbocycles. The molecule has 0 saturated heterocycles. The lowest BCUT2D eigenvalue weighted by Crippen LogP contribution is -2.44. The van der Waals surface area contributed by atoms with Gasteiger partial charge < -0.3 is 10.4 Å². The molecule has 0 spiro atoms. The largest absolute Gasteiger partial charge is 0.480 e. The van der Waals surface area contributed by atoms with Gasteiger partial charge in [-0.2, -0.15) is 0 Å². The van der Waals surface area contributed by atoms with Crippen molar-refractivity contribution in [3.05, 3.63) is 100 Å². The molecule has 1 amide bonds. The minimum atomic E-state index is -1.09. The van der Waals surface area contributed by atoms with Crippen molar-refractivity contribution in [3.8, 4) is 0 Å². The van der Waals surface area contributed by atoms with E-state index in [1.54, 1.807) is 18.3 Å². The van der Waals surface area contributed by atoms with Gasteiger partial charge in [-0.15, -0.1) is 0 Å². The third kappa shape index (κ3) is 4.84. The van der Waals surface area contributed by atoms with Gasteiger partial charge in [-0.3, -0.25) is 4.79 Å². The van der Waals surface area contributed by atoms with Crippen LogP contribution >= 0.6 is 15.9 Å². The number of nitrogens with zero attached hydrogens (tertiary/aromatic N) is 1. The summed E-state index contributed by atoms with van der Waals surface area (Å²) in [6.07, 6.45) is 1.74. The van der Waals surface area contributed by atoms with Crippen molar-refractivity contribution >= 4 is 27.8 Å². The number of aliphatic carboxylic acids is 1. The molecule has 1 aromatic heterocycles. The summed E-state index contributed by atoms with van der Waals surface area (Å²) >= 11 is 3.33. The Hall–Kier alpha value is -2.99. The number of aromatic nitrogens is 1. The first-order valence-electron chi connectivity index (χ1n) is 8.78. The van der Waals surface area contributed by atoms with Gasteiger partial charge in [-0.05, 0) is 38.7 Å². The van der Waals surface area contributed by atoms with E-state index in [1.165, 1.54) is 0 Å². The summed E-state index contributed by atoms with van der Waals surface area (Å²) in [6.45, 7) is 0. The Morgan fingerprint density at radius 3 is 2.00 bits per heavy atom. The van der Waals surface area contributed by atoms with Crippen molar-refractivity contribution < 1.29 is 14.7 Å². The topological polar surface area (TPSA) is 79.3 Å². The van der Waals surface area contributed by atoms with E-state index >= 15 is 0 Å². The van der Waals surface area contributed by atoms with Crippen LogP contribution in [-0.4, -0.2) is 28.0 Å². The number of pyridine rings is 1. The second kappa shape index (κ2) is 9.28. The SMILES string of the molecule is O=C(N[C@@H](Cc1cccnc1Br)C(=O)O)C(c1ccccc1)c1ccccc1. The van der Waals surface area contributed by atoms with Gasteiger partial charge >= 0.3 is 5.97 Å². The Balaban J connectivity index is 1.87. The molecule has 0 saturated carbocycles. The number of hydrogen-bond donors (Lipinski definition) is 2. The Bertz CT molecular complexity index is 909. The minimum Gasteiger partial charge on any atom is -0.480 e. The normalized spacial score (nSPS) is 11.8.